The molecule has 0 bridgehead atoms. The first-order valence-corrected chi connectivity index (χ1v) is 8.23. The standard InChI is InChI=1S/C18H15N5O5/c1-26-11-7-5-10(6-8-11)16(24)13-14(17(25)27-2)19-18-20-21-22-23(18)15(13)12-4-3-9-28-12/h3-9,15H,1-2H3,(H,19,20,22)/t15-/m0/s1. The number of nitrogens with zero attached hydrogens (tertiary/aromatic N) is 4. The van der Waals surface area contributed by atoms with Crippen LogP contribution in [-0.4, -0.2) is 46.2 Å². The lowest BCUT2D eigenvalue weighted by molar-refractivity contribution is -0.136. The summed E-state index contributed by atoms with van der Waals surface area (Å²) in [4.78, 5) is 25.8. The number of fused-ring (bicyclic) bond motifs is 1. The third-order valence-electron chi connectivity index (χ3n) is 4.32. The molecule has 3 aromatic rings. The van der Waals surface area contributed by atoms with Crippen LogP contribution in [0.5, 0.6) is 5.75 Å². The van der Waals surface area contributed by atoms with E-state index in [1.54, 1.807) is 36.4 Å². The molecule has 1 aromatic carbocycles. The van der Waals surface area contributed by atoms with Crippen LogP contribution in [0.3, 0.4) is 0 Å². The van der Waals surface area contributed by atoms with E-state index in [0.717, 1.165) is 0 Å². The fourth-order valence-electron chi connectivity index (χ4n) is 3.00. The highest BCUT2D eigenvalue weighted by Gasteiger charge is 2.39. The minimum absolute atomic E-state index is 0.0491. The molecule has 0 spiro atoms. The van der Waals surface area contributed by atoms with Crippen molar-refractivity contribution in [3.05, 3.63) is 65.3 Å². The van der Waals surface area contributed by atoms with Crippen LogP contribution in [0.1, 0.15) is 22.2 Å². The Morgan fingerprint density at radius 1 is 1.18 bits per heavy atom. The number of hydrogen-bond acceptors (Lipinski definition) is 9. The number of carbonyl (C=O) groups is 2. The molecule has 0 saturated heterocycles. The molecule has 1 aliphatic heterocycles. The van der Waals surface area contributed by atoms with E-state index in [-0.39, 0.29) is 17.2 Å². The van der Waals surface area contributed by atoms with Crippen LogP contribution in [0.4, 0.5) is 5.95 Å². The van der Waals surface area contributed by atoms with Crippen molar-refractivity contribution in [1.82, 2.24) is 20.2 Å². The maximum atomic E-state index is 13.4. The molecule has 0 aliphatic carbocycles. The summed E-state index contributed by atoms with van der Waals surface area (Å²) in [6.45, 7) is 0. The second-order valence-electron chi connectivity index (χ2n) is 5.83. The van der Waals surface area contributed by atoms with Crippen molar-refractivity contribution in [2.75, 3.05) is 19.5 Å². The lowest BCUT2D eigenvalue weighted by Crippen LogP contribution is -2.32. The van der Waals surface area contributed by atoms with Gasteiger partial charge in [0, 0.05) is 5.56 Å². The Morgan fingerprint density at radius 2 is 1.96 bits per heavy atom. The molecular formula is C18H15N5O5. The Labute approximate surface area is 158 Å². The zero-order chi connectivity index (χ0) is 19.7. The highest BCUT2D eigenvalue weighted by molar-refractivity contribution is 6.14. The van der Waals surface area contributed by atoms with E-state index in [0.29, 0.717) is 17.1 Å². The first kappa shape index (κ1) is 17.5. The molecule has 0 saturated carbocycles. The highest BCUT2D eigenvalue weighted by atomic mass is 16.5. The maximum absolute atomic E-state index is 13.4. The predicted molar refractivity (Wildman–Crippen MR) is 94.7 cm³/mol. The second kappa shape index (κ2) is 6.99. The Bertz CT molecular complexity index is 1050. The van der Waals surface area contributed by atoms with Gasteiger partial charge in [-0.05, 0) is 46.8 Å². The highest BCUT2D eigenvalue weighted by Crippen LogP contribution is 2.36. The van der Waals surface area contributed by atoms with Crippen molar-refractivity contribution >= 4 is 17.7 Å². The first-order valence-electron chi connectivity index (χ1n) is 8.23. The summed E-state index contributed by atoms with van der Waals surface area (Å²) in [6, 6.07) is 9.05. The van der Waals surface area contributed by atoms with Gasteiger partial charge < -0.3 is 19.2 Å². The maximum Gasteiger partial charge on any atom is 0.355 e. The lowest BCUT2D eigenvalue weighted by Gasteiger charge is -2.26. The van der Waals surface area contributed by atoms with Gasteiger partial charge in [-0.3, -0.25) is 4.79 Å². The average molecular weight is 381 g/mol. The number of esters is 1. The van der Waals surface area contributed by atoms with E-state index in [4.69, 9.17) is 13.9 Å². The van der Waals surface area contributed by atoms with Gasteiger partial charge in [-0.25, -0.2) is 4.79 Å². The summed E-state index contributed by atoms with van der Waals surface area (Å²) in [5, 5.41) is 14.2. The van der Waals surface area contributed by atoms with Gasteiger partial charge in [0.05, 0.1) is 26.1 Å². The number of ketones is 1. The van der Waals surface area contributed by atoms with Crippen LogP contribution in [-0.2, 0) is 9.53 Å². The molecule has 10 nitrogen and oxygen atoms in total. The van der Waals surface area contributed by atoms with E-state index in [2.05, 4.69) is 20.8 Å². The van der Waals surface area contributed by atoms with Gasteiger partial charge in [0.15, 0.2) is 5.78 Å². The van der Waals surface area contributed by atoms with Crippen molar-refractivity contribution in [3.63, 3.8) is 0 Å². The SMILES string of the molecule is COC(=O)C1=C(C(=O)c2ccc(OC)cc2)[C@H](c2ccco2)n2nnnc2N1. The number of ether oxygens (including phenoxy) is 2. The lowest BCUT2D eigenvalue weighted by atomic mass is 9.92. The number of tetrazole rings is 1. The molecule has 0 radical (unpaired) electrons. The van der Waals surface area contributed by atoms with Gasteiger partial charge >= 0.3 is 5.97 Å². The number of carbonyl (C=O) groups excluding carboxylic acids is 2. The van der Waals surface area contributed by atoms with Crippen molar-refractivity contribution in [1.29, 1.82) is 0 Å². The summed E-state index contributed by atoms with van der Waals surface area (Å²) in [5.41, 5.74) is 0.408. The number of nitrogens with one attached hydrogen (secondary N) is 1. The van der Waals surface area contributed by atoms with Gasteiger partial charge in [-0.2, -0.15) is 4.68 Å². The van der Waals surface area contributed by atoms with Crippen molar-refractivity contribution in [3.8, 4) is 5.75 Å². The topological polar surface area (TPSA) is 121 Å². The van der Waals surface area contributed by atoms with Gasteiger partial charge in [-0.15, -0.1) is 0 Å². The summed E-state index contributed by atoms with van der Waals surface area (Å²) in [7, 11) is 2.76. The minimum atomic E-state index is -0.843. The number of Topliss-reactive ketones (excluding diaryl/α,β-unsaturated/α-hetero) is 1. The fourth-order valence-corrected chi connectivity index (χ4v) is 3.00. The number of methoxy groups -OCH3 is 2. The molecule has 1 N–H and O–H groups in total. The summed E-state index contributed by atoms with van der Waals surface area (Å²) in [5.74, 6) is 0.0630. The number of rotatable bonds is 5. The third-order valence-corrected chi connectivity index (χ3v) is 4.32. The van der Waals surface area contributed by atoms with E-state index >= 15 is 0 Å². The molecule has 0 fully saturated rings. The summed E-state index contributed by atoms with van der Waals surface area (Å²) < 4.78 is 16.9. The Hall–Kier alpha value is -3.95. The fraction of sp³-hybridized carbons (Fsp3) is 0.167. The van der Waals surface area contributed by atoms with Crippen LogP contribution in [0.15, 0.2) is 58.3 Å². The molecule has 28 heavy (non-hydrogen) atoms. The van der Waals surface area contributed by atoms with Gasteiger partial charge in [-0.1, -0.05) is 5.10 Å². The zero-order valence-electron chi connectivity index (χ0n) is 14.9. The second-order valence-corrected chi connectivity index (χ2v) is 5.83. The molecule has 1 aliphatic rings. The number of anilines is 1. The smallest absolute Gasteiger partial charge is 0.355 e. The number of furan rings is 1. The molecule has 3 heterocycles. The molecular weight excluding hydrogens is 366 g/mol. The van der Waals surface area contributed by atoms with Crippen LogP contribution in [0.25, 0.3) is 0 Å². The molecule has 142 valence electrons. The summed E-state index contributed by atoms with van der Waals surface area (Å²) >= 11 is 0. The molecule has 2 aromatic heterocycles. The molecule has 10 heteroatoms. The first-order chi connectivity index (χ1) is 13.6. The number of aromatic nitrogens is 4. The van der Waals surface area contributed by atoms with Crippen LogP contribution in [0.2, 0.25) is 0 Å². The van der Waals surface area contributed by atoms with Gasteiger partial charge in [0.1, 0.15) is 23.2 Å². The Morgan fingerprint density at radius 3 is 2.61 bits per heavy atom. The van der Waals surface area contributed by atoms with Crippen molar-refractivity contribution in [2.24, 2.45) is 0 Å². The van der Waals surface area contributed by atoms with Crippen LogP contribution < -0.4 is 10.1 Å². The van der Waals surface area contributed by atoms with Crippen molar-refractivity contribution < 1.29 is 23.5 Å². The van der Waals surface area contributed by atoms with Crippen molar-refractivity contribution in [2.45, 2.75) is 6.04 Å². The van der Waals surface area contributed by atoms with Gasteiger partial charge in [0.2, 0.25) is 5.95 Å². The Balaban J connectivity index is 1.90. The largest absolute Gasteiger partial charge is 0.497 e. The van der Waals surface area contributed by atoms with E-state index in [9.17, 15) is 9.59 Å². The van der Waals surface area contributed by atoms with E-state index in [1.807, 2.05) is 0 Å². The average Bonchev–Trinajstić information content (AvgIpc) is 3.43. The monoisotopic (exact) mass is 381 g/mol. The van der Waals surface area contributed by atoms with Crippen LogP contribution in [0, 0.1) is 0 Å². The third kappa shape index (κ3) is 2.80. The summed E-state index contributed by atoms with van der Waals surface area (Å²) in [6.07, 6.45) is 1.47. The van der Waals surface area contributed by atoms with Gasteiger partial charge in [0.25, 0.3) is 0 Å². The predicted octanol–water partition coefficient (Wildman–Crippen LogP) is 1.60. The zero-order valence-corrected chi connectivity index (χ0v) is 14.9. The number of benzene rings is 1. The van der Waals surface area contributed by atoms with Crippen LogP contribution >= 0.6 is 0 Å². The van der Waals surface area contributed by atoms with E-state index < -0.39 is 17.8 Å². The molecule has 0 unspecified atom stereocenters. The Kier molecular flexibility index (Phi) is 4.36. The normalized spacial score (nSPS) is 15.6. The minimum Gasteiger partial charge on any atom is -0.497 e. The number of allylic oxidation sites excluding steroid dienone is 1. The number of hydrogen-bond donors (Lipinski definition) is 1. The molecule has 0 amide bonds. The quantitative estimate of drug-likeness (QED) is 0.519. The molecule has 4 rings (SSSR count). The van der Waals surface area contributed by atoms with E-state index in [1.165, 1.54) is 25.2 Å². The molecule has 1 atom stereocenters.